The number of piperidine rings is 1. The fourth-order valence-electron chi connectivity index (χ4n) is 16.1. The maximum atomic E-state index is 15.3. The first-order chi connectivity index (χ1) is 40.3. The molecule has 1 aromatic carbocycles. The van der Waals surface area contributed by atoms with Crippen LogP contribution in [0.3, 0.4) is 0 Å². The molecule has 9 fully saturated rings. The van der Waals surface area contributed by atoms with Gasteiger partial charge in [0.2, 0.25) is 17.7 Å². The van der Waals surface area contributed by atoms with E-state index in [0.717, 1.165) is 83.5 Å². The monoisotopic (exact) mass is 1170 g/mol. The van der Waals surface area contributed by atoms with Crippen LogP contribution in [-0.4, -0.2) is 200 Å². The number of piperazine rings is 1. The van der Waals surface area contributed by atoms with Gasteiger partial charge >= 0.3 is 12.1 Å². The number of anilines is 2. The molecule has 3 saturated carbocycles. The summed E-state index contributed by atoms with van der Waals surface area (Å²) in [7, 11) is 3.66. The van der Waals surface area contributed by atoms with Gasteiger partial charge in [-0.3, -0.25) is 38.9 Å². The second-order valence-corrected chi connectivity index (χ2v) is 27.7. The molecule has 10 aliphatic rings. The zero-order chi connectivity index (χ0) is 58.4. The number of cyclic esters (lactones) is 1. The molecule has 1 spiro atoms. The van der Waals surface area contributed by atoms with Crippen molar-refractivity contribution in [1.29, 1.82) is 0 Å². The lowest BCUT2D eigenvalue weighted by molar-refractivity contribution is -0.155. The molecule has 3 aromatic rings. The van der Waals surface area contributed by atoms with Crippen LogP contribution < -0.4 is 20.7 Å². The molecule has 0 radical (unpaired) electrons. The topological polar surface area (TPSA) is 160 Å². The number of hydrazine groups is 1. The molecule has 9 atom stereocenters. The van der Waals surface area contributed by atoms with E-state index in [4.69, 9.17) is 19.2 Å². The van der Waals surface area contributed by atoms with Gasteiger partial charge in [0.05, 0.1) is 66.8 Å². The van der Waals surface area contributed by atoms with E-state index in [1.807, 2.05) is 50.2 Å². The summed E-state index contributed by atoms with van der Waals surface area (Å²) < 4.78 is 65.8. The summed E-state index contributed by atoms with van der Waals surface area (Å²) in [4.78, 5) is 77.1. The highest BCUT2D eigenvalue weighted by molar-refractivity contribution is 5.95. The molecule has 2 aromatic heterocycles. The molecule has 6 bridgehead atoms. The maximum absolute atomic E-state index is 15.3. The van der Waals surface area contributed by atoms with Crippen molar-refractivity contribution >= 4 is 46.0 Å². The molecule has 1 unspecified atom stereocenters. The molecule has 7 aliphatic heterocycles. The van der Waals surface area contributed by atoms with E-state index in [-0.39, 0.29) is 67.7 Å². The fraction of sp³-hybridized carbons (Fsp3) is 0.730. The number of hydrogen-bond acceptors (Lipinski definition) is 14. The van der Waals surface area contributed by atoms with Gasteiger partial charge in [-0.2, -0.15) is 13.2 Å². The van der Waals surface area contributed by atoms with E-state index < -0.39 is 54.4 Å². The Labute approximate surface area is 492 Å². The van der Waals surface area contributed by atoms with Gasteiger partial charge in [-0.25, -0.2) is 5.43 Å². The first-order valence-corrected chi connectivity index (χ1v) is 31.7. The van der Waals surface area contributed by atoms with Crippen molar-refractivity contribution in [1.82, 2.24) is 44.8 Å². The van der Waals surface area contributed by atoms with Gasteiger partial charge in [0.15, 0.2) is 0 Å². The smallest absolute Gasteiger partial charge is 0.406 e. The van der Waals surface area contributed by atoms with E-state index in [9.17, 15) is 9.59 Å². The quantitative estimate of drug-likeness (QED) is 0.145. The highest BCUT2D eigenvalue weighted by Crippen LogP contribution is 2.49. The second kappa shape index (κ2) is 22.9. The number of likely N-dealkylation sites (N-methyl/N-ethyl adjacent to an activating group) is 1. The van der Waals surface area contributed by atoms with Crippen LogP contribution in [0.1, 0.15) is 122 Å². The molecule has 3 aliphatic carbocycles. The van der Waals surface area contributed by atoms with Gasteiger partial charge in [-0.05, 0) is 133 Å². The van der Waals surface area contributed by atoms with Crippen molar-refractivity contribution in [3.63, 3.8) is 0 Å². The number of carbonyl (C=O) groups excluding carboxylic acids is 4. The Morgan fingerprint density at radius 3 is 2.42 bits per heavy atom. The number of methoxy groups -OCH3 is 1. The number of halogens is 3. The minimum absolute atomic E-state index is 0.0107. The molecule has 9 heterocycles. The summed E-state index contributed by atoms with van der Waals surface area (Å²) in [6.07, 6.45) is 7.88. The Morgan fingerprint density at radius 1 is 0.905 bits per heavy atom. The second-order valence-electron chi connectivity index (χ2n) is 27.7. The van der Waals surface area contributed by atoms with Crippen LogP contribution in [0.25, 0.3) is 22.2 Å². The van der Waals surface area contributed by atoms with E-state index >= 15 is 22.8 Å². The van der Waals surface area contributed by atoms with Crippen LogP contribution >= 0.6 is 0 Å². The Hall–Kier alpha value is -5.06. The van der Waals surface area contributed by atoms with Gasteiger partial charge in [-0.15, -0.1) is 0 Å². The number of nitrogens with zero attached hydrogens (tertiary/aromatic N) is 9. The van der Waals surface area contributed by atoms with Crippen molar-refractivity contribution in [2.75, 3.05) is 109 Å². The molecule has 18 nitrogen and oxygen atoms in total. The molecule has 6 saturated heterocycles. The van der Waals surface area contributed by atoms with Crippen molar-refractivity contribution in [3.05, 3.63) is 41.7 Å². The standard InChI is InChI=1S/C63H88F3N11O7/c1-39(82-5)52-47(30-45(33-67-52)72-25-23-71(24-26-72)43-14-15-43)55-48-32-61(2,3)38-84-60(81)42-11-8-20-73(34-42)58(79)49(31-51-69-77(27-28-83-51)44-16-17-50(46(48)29-44)76(55)37-63(64,65)66)68-57(78)54(40-9-6-7-10-40)74-21-18-62(35-74)19-22-75(36-62)59(80)56-53(70(56)4)41-12-13-41/h16-17,29-30,33,39-43,49,51,53-54,56,69H,6-15,18-28,31-32,34-38H2,1-5H3,(H,68,78)/t39-,42-,49-,51-,53+,54-,56+,62-,70?/m0/s1. The van der Waals surface area contributed by atoms with E-state index in [1.54, 1.807) is 18.1 Å². The molecule has 2 N–H and O–H groups in total. The molecule has 13 rings (SSSR count). The number of hydrogen-bond donors (Lipinski definition) is 2. The van der Waals surface area contributed by atoms with Crippen molar-refractivity contribution in [2.24, 2.45) is 28.6 Å². The summed E-state index contributed by atoms with van der Waals surface area (Å²) in [5.74, 6) is -0.511. The minimum Gasteiger partial charge on any atom is -0.465 e. The number of carbonyl (C=O) groups is 4. The molecule has 458 valence electrons. The summed E-state index contributed by atoms with van der Waals surface area (Å²) in [5.41, 5.74) is 6.75. The van der Waals surface area contributed by atoms with Crippen LogP contribution in [0.4, 0.5) is 24.5 Å². The highest BCUT2D eigenvalue weighted by atomic mass is 19.4. The average Bonchev–Trinajstić information content (AvgIpc) is 1.82. The van der Waals surface area contributed by atoms with E-state index in [1.165, 1.54) is 30.3 Å². The lowest BCUT2D eigenvalue weighted by atomic mass is 9.84. The van der Waals surface area contributed by atoms with Crippen molar-refractivity contribution in [3.8, 4) is 11.3 Å². The number of esters is 1. The predicted octanol–water partition coefficient (Wildman–Crippen LogP) is 6.74. The predicted molar refractivity (Wildman–Crippen MR) is 312 cm³/mol. The Kier molecular flexibility index (Phi) is 15.8. The van der Waals surface area contributed by atoms with Gasteiger partial charge < -0.3 is 43.8 Å². The third-order valence-electron chi connectivity index (χ3n) is 21.0. The summed E-state index contributed by atoms with van der Waals surface area (Å²) in [6.45, 7) is 12.0. The third-order valence-corrected chi connectivity index (χ3v) is 21.0. The summed E-state index contributed by atoms with van der Waals surface area (Å²) >= 11 is 0. The lowest BCUT2D eigenvalue weighted by Gasteiger charge is -2.40. The number of rotatable bonds is 12. The van der Waals surface area contributed by atoms with E-state index in [0.29, 0.717) is 96.1 Å². The van der Waals surface area contributed by atoms with Crippen molar-refractivity contribution < 1.29 is 46.6 Å². The Balaban J connectivity index is 0.824. The van der Waals surface area contributed by atoms with Crippen molar-refractivity contribution in [2.45, 2.75) is 166 Å². The summed E-state index contributed by atoms with van der Waals surface area (Å²) in [6, 6.07) is 7.06. The zero-order valence-electron chi connectivity index (χ0n) is 50.0. The minimum atomic E-state index is -4.60. The molecular formula is C63H88F3N11O7. The summed E-state index contributed by atoms with van der Waals surface area (Å²) in [5, 5.41) is 5.90. The van der Waals surface area contributed by atoms with Crippen LogP contribution in [-0.2, 0) is 46.4 Å². The van der Waals surface area contributed by atoms with Crippen LogP contribution in [0, 0.1) is 28.6 Å². The van der Waals surface area contributed by atoms with Gasteiger partial charge in [0, 0.05) is 112 Å². The number of likely N-dealkylation sites (tertiary alicyclic amines) is 2. The van der Waals surface area contributed by atoms with Crippen LogP contribution in [0.15, 0.2) is 30.5 Å². The lowest BCUT2D eigenvalue weighted by Crippen LogP contribution is -2.60. The van der Waals surface area contributed by atoms with Crippen LogP contribution in [0.5, 0.6) is 0 Å². The molecule has 84 heavy (non-hydrogen) atoms. The number of benzene rings is 1. The Bertz CT molecular complexity index is 2970. The molecule has 3 amide bonds. The first kappa shape index (κ1) is 58.0. The van der Waals surface area contributed by atoms with Gasteiger partial charge in [0.1, 0.15) is 24.9 Å². The van der Waals surface area contributed by atoms with Crippen LogP contribution in [0.2, 0.25) is 0 Å². The first-order valence-electron chi connectivity index (χ1n) is 31.7. The van der Waals surface area contributed by atoms with E-state index in [2.05, 4.69) is 42.3 Å². The average molecular weight is 1170 g/mol. The number of pyridine rings is 1. The number of aromatic nitrogens is 2. The Morgan fingerprint density at radius 2 is 1.68 bits per heavy atom. The van der Waals surface area contributed by atoms with Gasteiger partial charge in [0.25, 0.3) is 0 Å². The fourth-order valence-corrected chi connectivity index (χ4v) is 16.1. The molecule has 21 heteroatoms. The number of amides is 3. The largest absolute Gasteiger partial charge is 0.465 e. The van der Waals surface area contributed by atoms with Gasteiger partial charge in [-0.1, -0.05) is 26.7 Å². The third kappa shape index (κ3) is 11.8. The normalized spacial score (nSPS) is 31.0. The maximum Gasteiger partial charge on any atom is 0.406 e. The number of fused-ring (bicyclic) bond motifs is 6. The zero-order valence-corrected chi connectivity index (χ0v) is 50.0. The SMILES string of the molecule is CO[C@@H](C)c1ncc(N2CCN(C3CC3)CC2)cc1-c1c2c3cc(ccc3n1CC(F)(F)F)N1CCO[C@@H](C[C@H](NC(=O)[C@H](C3CCCC3)N3CC[C@]4(CCN(C(=O)[C@H]5[C@@H](C6CC6)N5C)C4)C3)C(=O)N3CCC[C@@H](C3)C(=O)OCC(C)(C)C2)N1. The number of ether oxygens (including phenoxy) is 3. The number of alkyl halides is 3. The highest BCUT2D eigenvalue weighted by Gasteiger charge is 2.59. The number of nitrogens with one attached hydrogen (secondary N) is 2. The molecular weight excluding hydrogens is 1080 g/mol.